The largest absolute Gasteiger partial charge is 0.415 e. The van der Waals surface area contributed by atoms with Crippen molar-refractivity contribution in [3.05, 3.63) is 30.3 Å². The first-order chi connectivity index (χ1) is 10.3. The van der Waals surface area contributed by atoms with Gasteiger partial charge in [0.05, 0.1) is 0 Å². The summed E-state index contributed by atoms with van der Waals surface area (Å²) in [6.45, 7) is 3.93. The van der Waals surface area contributed by atoms with Crippen LogP contribution in [0.2, 0.25) is 0 Å². The SMILES string of the molecule is O=C(Oc1ccccc1)N1CCCC(C2CCNCC2)C1. The highest BCUT2D eigenvalue weighted by atomic mass is 16.6. The molecule has 1 aromatic carbocycles. The van der Waals surface area contributed by atoms with Gasteiger partial charge in [0.2, 0.25) is 0 Å². The molecule has 4 heteroatoms. The molecule has 0 saturated carbocycles. The highest BCUT2D eigenvalue weighted by Gasteiger charge is 2.30. The van der Waals surface area contributed by atoms with Crippen LogP contribution in [0, 0.1) is 11.8 Å². The second-order valence-electron chi connectivity index (χ2n) is 6.12. The van der Waals surface area contributed by atoms with Crippen LogP contribution in [0.25, 0.3) is 0 Å². The summed E-state index contributed by atoms with van der Waals surface area (Å²) in [4.78, 5) is 14.2. The number of nitrogens with zero attached hydrogens (tertiary/aromatic N) is 1. The Morgan fingerprint density at radius 1 is 1.10 bits per heavy atom. The number of nitrogens with one attached hydrogen (secondary N) is 1. The van der Waals surface area contributed by atoms with Crippen molar-refractivity contribution in [2.24, 2.45) is 11.8 Å². The van der Waals surface area contributed by atoms with Crippen LogP contribution in [0.5, 0.6) is 5.75 Å². The average Bonchev–Trinajstić information content (AvgIpc) is 2.57. The minimum absolute atomic E-state index is 0.195. The molecule has 114 valence electrons. The molecule has 0 radical (unpaired) electrons. The molecule has 3 rings (SSSR count). The van der Waals surface area contributed by atoms with Crippen LogP contribution in [0.3, 0.4) is 0 Å². The zero-order chi connectivity index (χ0) is 14.5. The first kappa shape index (κ1) is 14.4. The van der Waals surface area contributed by atoms with E-state index in [0.717, 1.165) is 38.5 Å². The molecule has 2 saturated heterocycles. The van der Waals surface area contributed by atoms with Gasteiger partial charge in [0.25, 0.3) is 0 Å². The topological polar surface area (TPSA) is 41.6 Å². The van der Waals surface area contributed by atoms with E-state index in [4.69, 9.17) is 4.74 Å². The van der Waals surface area contributed by atoms with Gasteiger partial charge in [0.1, 0.15) is 5.75 Å². The minimum Gasteiger partial charge on any atom is -0.410 e. The normalized spacial score (nSPS) is 23.8. The molecule has 1 unspecified atom stereocenters. The van der Waals surface area contributed by atoms with Crippen molar-refractivity contribution in [1.82, 2.24) is 10.2 Å². The van der Waals surface area contributed by atoms with Crippen molar-refractivity contribution < 1.29 is 9.53 Å². The Labute approximate surface area is 126 Å². The van der Waals surface area contributed by atoms with Gasteiger partial charge in [-0.25, -0.2) is 4.79 Å². The molecule has 1 amide bonds. The van der Waals surface area contributed by atoms with Crippen molar-refractivity contribution in [3.8, 4) is 5.75 Å². The van der Waals surface area contributed by atoms with Crippen LogP contribution in [0.1, 0.15) is 25.7 Å². The summed E-state index contributed by atoms with van der Waals surface area (Å²) in [5, 5.41) is 3.42. The fourth-order valence-corrected chi connectivity index (χ4v) is 3.53. The molecule has 0 aromatic heterocycles. The van der Waals surface area contributed by atoms with Crippen LogP contribution < -0.4 is 10.1 Å². The summed E-state index contributed by atoms with van der Waals surface area (Å²) < 4.78 is 5.46. The first-order valence-corrected chi connectivity index (χ1v) is 8.05. The summed E-state index contributed by atoms with van der Waals surface area (Å²) in [5.41, 5.74) is 0. The molecule has 1 N–H and O–H groups in total. The fourth-order valence-electron chi connectivity index (χ4n) is 3.53. The number of hydrogen-bond donors (Lipinski definition) is 1. The molecule has 2 fully saturated rings. The van der Waals surface area contributed by atoms with E-state index in [2.05, 4.69) is 5.32 Å². The van der Waals surface area contributed by atoms with Crippen molar-refractivity contribution in [2.75, 3.05) is 26.2 Å². The molecule has 2 aliphatic heterocycles. The molecule has 21 heavy (non-hydrogen) atoms. The Hall–Kier alpha value is -1.55. The van der Waals surface area contributed by atoms with E-state index in [1.807, 2.05) is 35.2 Å². The Kier molecular flexibility index (Phi) is 4.76. The van der Waals surface area contributed by atoms with Gasteiger partial charge in [0.15, 0.2) is 0 Å². The van der Waals surface area contributed by atoms with E-state index in [9.17, 15) is 4.79 Å². The maximum Gasteiger partial charge on any atom is 0.415 e. The number of carbonyl (C=O) groups is 1. The number of hydrogen-bond acceptors (Lipinski definition) is 3. The lowest BCUT2D eigenvalue weighted by Crippen LogP contribution is -2.45. The number of carbonyl (C=O) groups excluding carboxylic acids is 1. The Bertz CT molecular complexity index is 457. The van der Waals surface area contributed by atoms with Crippen LogP contribution in [-0.4, -0.2) is 37.2 Å². The number of para-hydroxylation sites is 1. The summed E-state index contributed by atoms with van der Waals surface area (Å²) >= 11 is 0. The third-order valence-corrected chi connectivity index (χ3v) is 4.71. The molecule has 1 atom stereocenters. The van der Waals surface area contributed by atoms with Gasteiger partial charge in [-0.1, -0.05) is 18.2 Å². The standard InChI is InChI=1S/C17H24N2O2/c20-17(21-16-6-2-1-3-7-16)19-12-4-5-15(13-19)14-8-10-18-11-9-14/h1-3,6-7,14-15,18H,4-5,8-13H2. The number of likely N-dealkylation sites (tertiary alicyclic amines) is 1. The number of piperidine rings is 2. The average molecular weight is 288 g/mol. The van der Waals surface area contributed by atoms with Gasteiger partial charge in [-0.3, -0.25) is 0 Å². The molecule has 4 nitrogen and oxygen atoms in total. The zero-order valence-corrected chi connectivity index (χ0v) is 12.5. The smallest absolute Gasteiger partial charge is 0.410 e. The fraction of sp³-hybridized carbons (Fsp3) is 0.588. The van der Waals surface area contributed by atoms with E-state index in [-0.39, 0.29) is 6.09 Å². The Morgan fingerprint density at radius 2 is 1.86 bits per heavy atom. The lowest BCUT2D eigenvalue weighted by atomic mass is 9.80. The van der Waals surface area contributed by atoms with Gasteiger partial charge in [0, 0.05) is 13.1 Å². The van der Waals surface area contributed by atoms with E-state index in [1.165, 1.54) is 19.3 Å². The van der Waals surface area contributed by atoms with Crippen LogP contribution >= 0.6 is 0 Å². The van der Waals surface area contributed by atoms with Gasteiger partial charge in [-0.15, -0.1) is 0 Å². The molecule has 2 aliphatic rings. The molecule has 0 spiro atoms. The quantitative estimate of drug-likeness (QED) is 0.910. The second-order valence-corrected chi connectivity index (χ2v) is 6.12. The number of amides is 1. The van der Waals surface area contributed by atoms with Crippen molar-refractivity contribution in [2.45, 2.75) is 25.7 Å². The molecular weight excluding hydrogens is 264 g/mol. The van der Waals surface area contributed by atoms with E-state index >= 15 is 0 Å². The summed E-state index contributed by atoms with van der Waals surface area (Å²) in [7, 11) is 0. The predicted octanol–water partition coefficient (Wildman–Crippen LogP) is 2.90. The molecular formula is C17H24N2O2. The van der Waals surface area contributed by atoms with Crippen LogP contribution in [0.4, 0.5) is 4.79 Å². The van der Waals surface area contributed by atoms with Gasteiger partial charge < -0.3 is 15.0 Å². The maximum atomic E-state index is 12.3. The number of benzene rings is 1. The lowest BCUT2D eigenvalue weighted by Gasteiger charge is -2.38. The van der Waals surface area contributed by atoms with Gasteiger partial charge >= 0.3 is 6.09 Å². The minimum atomic E-state index is -0.195. The third kappa shape index (κ3) is 3.76. The first-order valence-electron chi connectivity index (χ1n) is 8.05. The van der Waals surface area contributed by atoms with Gasteiger partial charge in [-0.05, 0) is 62.7 Å². The van der Waals surface area contributed by atoms with Crippen molar-refractivity contribution >= 4 is 6.09 Å². The third-order valence-electron chi connectivity index (χ3n) is 4.71. The second kappa shape index (κ2) is 6.94. The summed E-state index contributed by atoms with van der Waals surface area (Å²) in [6, 6.07) is 9.34. The van der Waals surface area contributed by atoms with Crippen LogP contribution in [0.15, 0.2) is 30.3 Å². The van der Waals surface area contributed by atoms with E-state index < -0.39 is 0 Å². The van der Waals surface area contributed by atoms with Crippen LogP contribution in [-0.2, 0) is 0 Å². The van der Waals surface area contributed by atoms with E-state index in [1.54, 1.807) is 0 Å². The number of rotatable bonds is 2. The molecule has 0 aliphatic carbocycles. The monoisotopic (exact) mass is 288 g/mol. The summed E-state index contributed by atoms with van der Waals surface area (Å²) in [5.74, 6) is 2.04. The highest BCUT2D eigenvalue weighted by Crippen LogP contribution is 2.30. The predicted molar refractivity (Wildman–Crippen MR) is 82.4 cm³/mol. The maximum absolute atomic E-state index is 12.3. The Balaban J connectivity index is 1.56. The highest BCUT2D eigenvalue weighted by molar-refractivity contribution is 5.70. The molecule has 2 heterocycles. The lowest BCUT2D eigenvalue weighted by molar-refractivity contribution is 0.102. The van der Waals surface area contributed by atoms with Gasteiger partial charge in [-0.2, -0.15) is 0 Å². The zero-order valence-electron chi connectivity index (χ0n) is 12.5. The molecule has 0 bridgehead atoms. The van der Waals surface area contributed by atoms with Crippen molar-refractivity contribution in [1.29, 1.82) is 0 Å². The summed E-state index contributed by atoms with van der Waals surface area (Å²) in [6.07, 6.45) is 4.64. The molecule has 1 aromatic rings. The van der Waals surface area contributed by atoms with E-state index in [0.29, 0.717) is 11.7 Å². The van der Waals surface area contributed by atoms with Crippen molar-refractivity contribution in [3.63, 3.8) is 0 Å². The number of ether oxygens (including phenoxy) is 1. The Morgan fingerprint density at radius 3 is 2.62 bits per heavy atom.